The third kappa shape index (κ3) is 5.58. The Bertz CT molecular complexity index is 520. The first-order valence-electron chi connectivity index (χ1n) is 7.15. The fourth-order valence-electron chi connectivity index (χ4n) is 2.48. The van der Waals surface area contributed by atoms with Crippen molar-refractivity contribution in [1.82, 2.24) is 10.2 Å². The van der Waals surface area contributed by atoms with E-state index in [-0.39, 0.29) is 35.7 Å². The van der Waals surface area contributed by atoms with Crippen LogP contribution in [0.1, 0.15) is 23.2 Å². The minimum absolute atomic E-state index is 0. The second-order valence-electron chi connectivity index (χ2n) is 5.30. The van der Waals surface area contributed by atoms with Gasteiger partial charge in [-0.3, -0.25) is 4.79 Å². The minimum atomic E-state index is -4.43. The normalized spacial score (nSPS) is 15.7. The number of nitrogens with one attached hydrogen (secondary N) is 1. The predicted octanol–water partition coefficient (Wildman–Crippen LogP) is 2.87. The van der Waals surface area contributed by atoms with Gasteiger partial charge < -0.3 is 15.0 Å². The lowest BCUT2D eigenvalue weighted by Crippen LogP contribution is -2.44. The molecule has 1 fully saturated rings. The number of hydrogen-bond donors (Lipinski definition) is 1. The molecule has 1 aromatic rings. The third-order valence-corrected chi connectivity index (χ3v) is 3.69. The molecule has 1 N–H and O–H groups in total. The summed E-state index contributed by atoms with van der Waals surface area (Å²) >= 11 is 0. The van der Waals surface area contributed by atoms with Crippen LogP contribution in [0.15, 0.2) is 24.3 Å². The first-order valence-corrected chi connectivity index (χ1v) is 7.15. The Balaban J connectivity index is 0.00000264. The van der Waals surface area contributed by atoms with E-state index < -0.39 is 12.8 Å². The highest BCUT2D eigenvalue weighted by Crippen LogP contribution is 2.24. The van der Waals surface area contributed by atoms with Gasteiger partial charge in [-0.1, -0.05) is 12.1 Å². The number of benzene rings is 1. The molecule has 23 heavy (non-hydrogen) atoms. The fourth-order valence-corrected chi connectivity index (χ4v) is 2.48. The highest BCUT2D eigenvalue weighted by molar-refractivity contribution is 5.97. The van der Waals surface area contributed by atoms with Crippen LogP contribution >= 0.6 is 12.4 Å². The standard InChI is InChI=1S/C15H19F3N2O2.ClH/c1-20(11-6-8-19-9-7-11)14(21)12-4-2-3-5-13(12)22-10-15(16,17)18;/h2-5,11,19H,6-10H2,1H3;1H. The van der Waals surface area contributed by atoms with Crippen molar-refractivity contribution >= 4 is 18.3 Å². The van der Waals surface area contributed by atoms with Crippen LogP contribution in [0.2, 0.25) is 0 Å². The van der Waals surface area contributed by atoms with Crippen LogP contribution < -0.4 is 10.1 Å². The van der Waals surface area contributed by atoms with Crippen LogP contribution in [0, 0.1) is 0 Å². The lowest BCUT2D eigenvalue weighted by Gasteiger charge is -2.32. The molecule has 0 spiro atoms. The Morgan fingerprint density at radius 2 is 1.91 bits per heavy atom. The molecule has 0 saturated carbocycles. The summed E-state index contributed by atoms with van der Waals surface area (Å²) in [5, 5.41) is 3.21. The van der Waals surface area contributed by atoms with Crippen LogP contribution in [0.25, 0.3) is 0 Å². The molecule has 1 aliphatic rings. The summed E-state index contributed by atoms with van der Waals surface area (Å²) < 4.78 is 41.7. The van der Waals surface area contributed by atoms with Crippen LogP contribution in [0.3, 0.4) is 0 Å². The Hall–Kier alpha value is -1.47. The molecule has 1 amide bonds. The van der Waals surface area contributed by atoms with Crippen LogP contribution in [0.4, 0.5) is 13.2 Å². The number of hydrogen-bond acceptors (Lipinski definition) is 3. The van der Waals surface area contributed by atoms with Gasteiger partial charge in [-0.25, -0.2) is 0 Å². The zero-order chi connectivity index (χ0) is 16.2. The topological polar surface area (TPSA) is 41.6 Å². The molecule has 0 atom stereocenters. The number of halogens is 4. The number of nitrogens with zero attached hydrogens (tertiary/aromatic N) is 1. The van der Waals surface area contributed by atoms with Crippen LogP contribution in [-0.2, 0) is 0 Å². The van der Waals surface area contributed by atoms with Crippen molar-refractivity contribution in [3.63, 3.8) is 0 Å². The average molecular weight is 353 g/mol. The van der Waals surface area contributed by atoms with Gasteiger partial charge in [0, 0.05) is 13.1 Å². The Kier molecular flexibility index (Phi) is 7.15. The van der Waals surface area contributed by atoms with E-state index in [1.54, 1.807) is 24.1 Å². The van der Waals surface area contributed by atoms with Gasteiger partial charge in [-0.2, -0.15) is 13.2 Å². The molecular formula is C15H20ClF3N2O2. The van der Waals surface area contributed by atoms with E-state index in [0.717, 1.165) is 25.9 Å². The number of amides is 1. The van der Waals surface area contributed by atoms with Gasteiger partial charge in [0.25, 0.3) is 5.91 Å². The fraction of sp³-hybridized carbons (Fsp3) is 0.533. The maximum absolute atomic E-state index is 12.5. The summed E-state index contributed by atoms with van der Waals surface area (Å²) in [6, 6.07) is 6.13. The maximum Gasteiger partial charge on any atom is 0.422 e. The third-order valence-electron chi connectivity index (χ3n) is 3.69. The second-order valence-corrected chi connectivity index (χ2v) is 5.30. The summed E-state index contributed by atoms with van der Waals surface area (Å²) in [6.45, 7) is 0.247. The average Bonchev–Trinajstić information content (AvgIpc) is 2.52. The van der Waals surface area contributed by atoms with Gasteiger partial charge in [0.2, 0.25) is 0 Å². The molecule has 1 saturated heterocycles. The molecule has 2 rings (SSSR count). The highest BCUT2D eigenvalue weighted by atomic mass is 35.5. The highest BCUT2D eigenvalue weighted by Gasteiger charge is 2.30. The first-order chi connectivity index (χ1) is 10.4. The van der Waals surface area contributed by atoms with E-state index in [0.29, 0.717) is 0 Å². The first kappa shape index (κ1) is 19.6. The number of alkyl halides is 3. The van der Waals surface area contributed by atoms with Gasteiger partial charge >= 0.3 is 6.18 Å². The van der Waals surface area contributed by atoms with E-state index in [1.807, 2.05) is 0 Å². The lowest BCUT2D eigenvalue weighted by molar-refractivity contribution is -0.153. The largest absolute Gasteiger partial charge is 0.483 e. The maximum atomic E-state index is 12.5. The molecule has 8 heteroatoms. The van der Waals surface area contributed by atoms with Gasteiger partial charge in [-0.15, -0.1) is 12.4 Å². The molecule has 130 valence electrons. The predicted molar refractivity (Wildman–Crippen MR) is 83.2 cm³/mol. The van der Waals surface area contributed by atoms with Crippen molar-refractivity contribution in [2.45, 2.75) is 25.1 Å². The lowest BCUT2D eigenvalue weighted by atomic mass is 10.0. The Morgan fingerprint density at radius 3 is 2.52 bits per heavy atom. The van der Waals surface area contributed by atoms with Crippen molar-refractivity contribution in [2.75, 3.05) is 26.7 Å². The van der Waals surface area contributed by atoms with E-state index in [2.05, 4.69) is 5.32 Å². The SMILES string of the molecule is CN(C(=O)c1ccccc1OCC(F)(F)F)C1CCNCC1.Cl. The van der Waals surface area contributed by atoms with Gasteiger partial charge in [0.1, 0.15) is 5.75 Å². The van der Waals surface area contributed by atoms with Gasteiger partial charge in [0.15, 0.2) is 6.61 Å². The molecule has 0 radical (unpaired) electrons. The van der Waals surface area contributed by atoms with E-state index >= 15 is 0 Å². The van der Waals surface area contributed by atoms with Crippen LogP contribution in [-0.4, -0.2) is 49.8 Å². The number of ether oxygens (including phenoxy) is 1. The molecule has 1 aliphatic heterocycles. The Labute approximate surface area is 139 Å². The Morgan fingerprint density at radius 1 is 1.30 bits per heavy atom. The summed E-state index contributed by atoms with van der Waals surface area (Å²) in [4.78, 5) is 14.1. The summed E-state index contributed by atoms with van der Waals surface area (Å²) in [5.74, 6) is -0.352. The molecule has 0 aliphatic carbocycles. The number of rotatable bonds is 4. The van der Waals surface area contributed by atoms with E-state index in [9.17, 15) is 18.0 Å². The van der Waals surface area contributed by atoms with Gasteiger partial charge in [0.05, 0.1) is 5.56 Å². The quantitative estimate of drug-likeness (QED) is 0.906. The molecule has 0 bridgehead atoms. The van der Waals surface area contributed by atoms with Crippen LogP contribution in [0.5, 0.6) is 5.75 Å². The van der Waals surface area contributed by atoms with Crippen molar-refractivity contribution in [3.05, 3.63) is 29.8 Å². The monoisotopic (exact) mass is 352 g/mol. The van der Waals surface area contributed by atoms with Crippen molar-refractivity contribution in [2.24, 2.45) is 0 Å². The second kappa shape index (κ2) is 8.40. The molecule has 0 unspecified atom stereocenters. The number of piperidine rings is 1. The zero-order valence-electron chi connectivity index (χ0n) is 12.7. The number of para-hydroxylation sites is 1. The summed E-state index contributed by atoms with van der Waals surface area (Å²) in [5.41, 5.74) is 0.160. The van der Waals surface area contributed by atoms with E-state index in [4.69, 9.17) is 4.74 Å². The van der Waals surface area contributed by atoms with Crippen molar-refractivity contribution < 1.29 is 22.7 Å². The summed E-state index contributed by atoms with van der Waals surface area (Å²) in [6.07, 6.45) is -2.78. The van der Waals surface area contributed by atoms with Crippen molar-refractivity contribution in [1.29, 1.82) is 0 Å². The molecule has 1 heterocycles. The molecule has 1 aromatic carbocycles. The molecule has 4 nitrogen and oxygen atoms in total. The minimum Gasteiger partial charge on any atom is -0.483 e. The number of carbonyl (C=O) groups is 1. The smallest absolute Gasteiger partial charge is 0.422 e. The zero-order valence-corrected chi connectivity index (χ0v) is 13.5. The molecule has 0 aromatic heterocycles. The summed E-state index contributed by atoms with van der Waals surface area (Å²) in [7, 11) is 1.68. The van der Waals surface area contributed by atoms with Gasteiger partial charge in [-0.05, 0) is 38.1 Å². The molecular weight excluding hydrogens is 333 g/mol. The number of carbonyl (C=O) groups excluding carboxylic acids is 1. The van der Waals surface area contributed by atoms with Crippen molar-refractivity contribution in [3.8, 4) is 5.75 Å². The van der Waals surface area contributed by atoms with E-state index in [1.165, 1.54) is 12.1 Å².